The first-order chi connectivity index (χ1) is 13.5. The fraction of sp³-hybridized carbons (Fsp3) is 0.579. The molecule has 1 aliphatic rings. The van der Waals surface area contributed by atoms with Crippen molar-refractivity contribution in [1.82, 2.24) is 19.9 Å². The van der Waals surface area contributed by atoms with Gasteiger partial charge in [0.2, 0.25) is 5.28 Å². The van der Waals surface area contributed by atoms with Crippen molar-refractivity contribution in [3.05, 3.63) is 22.5 Å². The third kappa shape index (κ3) is 4.33. The van der Waals surface area contributed by atoms with Gasteiger partial charge < -0.3 is 14.5 Å². The SMILES string of the molecule is CC[C@@H]1[C@H](N(C)c2nc(Cl)nc3c(F)c(Cl)ncc23)CCN1C(=O)OC(C)(C)C. The third-order valence-corrected chi connectivity index (χ3v) is 5.41. The number of anilines is 1. The maximum absolute atomic E-state index is 14.4. The molecule has 0 bridgehead atoms. The largest absolute Gasteiger partial charge is 0.444 e. The van der Waals surface area contributed by atoms with Gasteiger partial charge in [-0.05, 0) is 45.2 Å². The highest BCUT2D eigenvalue weighted by atomic mass is 35.5. The molecular weight excluding hydrogens is 420 g/mol. The Morgan fingerprint density at radius 2 is 2.07 bits per heavy atom. The van der Waals surface area contributed by atoms with Gasteiger partial charge in [-0.15, -0.1) is 0 Å². The number of fused-ring (bicyclic) bond motifs is 1. The second-order valence-corrected chi connectivity index (χ2v) is 8.75. The summed E-state index contributed by atoms with van der Waals surface area (Å²) in [5, 5.41) is 0.0456. The number of pyridine rings is 1. The van der Waals surface area contributed by atoms with Crippen molar-refractivity contribution >= 4 is 46.0 Å². The maximum Gasteiger partial charge on any atom is 0.410 e. The zero-order valence-corrected chi connectivity index (χ0v) is 18.6. The van der Waals surface area contributed by atoms with Gasteiger partial charge in [-0.3, -0.25) is 0 Å². The number of rotatable bonds is 3. The van der Waals surface area contributed by atoms with Crippen molar-refractivity contribution in [2.75, 3.05) is 18.5 Å². The van der Waals surface area contributed by atoms with E-state index in [1.165, 1.54) is 6.20 Å². The minimum Gasteiger partial charge on any atom is -0.444 e. The summed E-state index contributed by atoms with van der Waals surface area (Å²) in [6, 6.07) is -0.149. The van der Waals surface area contributed by atoms with Crippen LogP contribution in [0.25, 0.3) is 10.9 Å². The number of amides is 1. The molecule has 3 heterocycles. The molecule has 2 aromatic rings. The number of hydrogen-bond donors (Lipinski definition) is 0. The molecule has 29 heavy (non-hydrogen) atoms. The highest BCUT2D eigenvalue weighted by Gasteiger charge is 2.40. The molecule has 1 saturated heterocycles. The Balaban J connectivity index is 1.95. The van der Waals surface area contributed by atoms with E-state index in [-0.39, 0.29) is 34.1 Å². The number of halogens is 3. The standard InChI is InChI=1S/C19H24Cl2FN5O2/c1-6-11-12(7-8-27(11)18(28)29-19(2,3)4)26(5)16-10-9-23-15(20)13(22)14(10)24-17(21)25-16/h9,11-12H,6-8H2,1-5H3/t11-,12-/m1/s1. The number of carbonyl (C=O) groups excluding carboxylic acids is 1. The van der Waals surface area contributed by atoms with Crippen molar-refractivity contribution in [3.8, 4) is 0 Å². The van der Waals surface area contributed by atoms with E-state index in [2.05, 4.69) is 15.0 Å². The van der Waals surface area contributed by atoms with Crippen molar-refractivity contribution < 1.29 is 13.9 Å². The molecule has 0 unspecified atom stereocenters. The summed E-state index contributed by atoms with van der Waals surface area (Å²) >= 11 is 11.8. The van der Waals surface area contributed by atoms with Gasteiger partial charge in [0.25, 0.3) is 0 Å². The van der Waals surface area contributed by atoms with Crippen LogP contribution >= 0.6 is 23.2 Å². The minimum atomic E-state index is -0.739. The van der Waals surface area contributed by atoms with E-state index in [0.717, 1.165) is 6.42 Å². The molecule has 0 aromatic carbocycles. The van der Waals surface area contributed by atoms with Gasteiger partial charge in [-0.1, -0.05) is 18.5 Å². The van der Waals surface area contributed by atoms with E-state index in [4.69, 9.17) is 27.9 Å². The fourth-order valence-electron chi connectivity index (χ4n) is 3.75. The molecule has 0 N–H and O–H groups in total. The van der Waals surface area contributed by atoms with Crippen LogP contribution in [0.1, 0.15) is 40.5 Å². The van der Waals surface area contributed by atoms with E-state index >= 15 is 0 Å². The summed E-state index contributed by atoms with van der Waals surface area (Å²) < 4.78 is 20.0. The van der Waals surface area contributed by atoms with Gasteiger partial charge in [-0.2, -0.15) is 4.98 Å². The Hall–Kier alpha value is -1.93. The molecule has 0 saturated carbocycles. The summed E-state index contributed by atoms with van der Waals surface area (Å²) in [5.41, 5.74) is -0.556. The normalized spacial score (nSPS) is 19.7. The van der Waals surface area contributed by atoms with Crippen molar-refractivity contribution in [2.45, 2.75) is 58.2 Å². The van der Waals surface area contributed by atoms with Crippen LogP contribution in [-0.4, -0.2) is 57.2 Å². The van der Waals surface area contributed by atoms with E-state index in [0.29, 0.717) is 24.2 Å². The van der Waals surface area contributed by atoms with Crippen LogP contribution in [0.5, 0.6) is 0 Å². The van der Waals surface area contributed by atoms with Gasteiger partial charge in [0, 0.05) is 19.8 Å². The van der Waals surface area contributed by atoms with Crippen LogP contribution in [0.3, 0.4) is 0 Å². The highest BCUT2D eigenvalue weighted by molar-refractivity contribution is 6.30. The number of likely N-dealkylation sites (N-methyl/N-ethyl adjacent to an activating group) is 1. The quantitative estimate of drug-likeness (QED) is 0.505. The van der Waals surface area contributed by atoms with Crippen molar-refractivity contribution in [1.29, 1.82) is 0 Å². The second kappa shape index (κ2) is 8.07. The van der Waals surface area contributed by atoms with E-state index < -0.39 is 11.4 Å². The van der Waals surface area contributed by atoms with Crippen LogP contribution in [0, 0.1) is 5.82 Å². The van der Waals surface area contributed by atoms with Crippen LogP contribution in [0.2, 0.25) is 10.4 Å². The lowest BCUT2D eigenvalue weighted by Gasteiger charge is -2.34. The molecule has 1 amide bonds. The molecule has 10 heteroatoms. The predicted octanol–water partition coefficient (Wildman–Crippen LogP) is 4.69. The van der Waals surface area contributed by atoms with Crippen LogP contribution in [0.4, 0.5) is 15.0 Å². The molecule has 158 valence electrons. The second-order valence-electron chi connectivity index (χ2n) is 8.06. The smallest absolute Gasteiger partial charge is 0.410 e. The number of likely N-dealkylation sites (tertiary alicyclic amines) is 1. The maximum atomic E-state index is 14.4. The Morgan fingerprint density at radius 3 is 2.69 bits per heavy atom. The Morgan fingerprint density at radius 1 is 1.38 bits per heavy atom. The van der Waals surface area contributed by atoms with E-state index in [9.17, 15) is 9.18 Å². The zero-order valence-electron chi connectivity index (χ0n) is 17.0. The molecule has 1 aliphatic heterocycles. The average molecular weight is 444 g/mol. The number of ether oxygens (including phenoxy) is 1. The number of nitrogens with zero attached hydrogens (tertiary/aromatic N) is 5. The van der Waals surface area contributed by atoms with Crippen LogP contribution in [0.15, 0.2) is 6.20 Å². The molecule has 1 fully saturated rings. The monoisotopic (exact) mass is 443 g/mol. The summed E-state index contributed by atoms with van der Waals surface area (Å²) in [6.45, 7) is 8.09. The lowest BCUT2D eigenvalue weighted by molar-refractivity contribution is 0.0217. The molecule has 3 rings (SSSR count). The topological polar surface area (TPSA) is 71.5 Å². The lowest BCUT2D eigenvalue weighted by atomic mass is 10.0. The van der Waals surface area contributed by atoms with Gasteiger partial charge in [-0.25, -0.2) is 19.2 Å². The van der Waals surface area contributed by atoms with Gasteiger partial charge in [0.1, 0.15) is 16.9 Å². The number of aromatic nitrogens is 3. The lowest BCUT2D eigenvalue weighted by Crippen LogP contribution is -2.47. The molecule has 0 aliphatic carbocycles. The first kappa shape index (κ1) is 21.8. The summed E-state index contributed by atoms with van der Waals surface area (Å²) in [4.78, 5) is 28.5. The van der Waals surface area contributed by atoms with Gasteiger partial charge in [0.15, 0.2) is 11.0 Å². The predicted molar refractivity (Wildman–Crippen MR) is 111 cm³/mol. The van der Waals surface area contributed by atoms with Crippen molar-refractivity contribution in [3.63, 3.8) is 0 Å². The third-order valence-electron chi connectivity index (χ3n) is 4.98. The molecule has 2 aromatic heterocycles. The van der Waals surface area contributed by atoms with E-state index in [1.54, 1.807) is 4.90 Å². The Bertz CT molecular complexity index is 937. The van der Waals surface area contributed by atoms with Gasteiger partial charge >= 0.3 is 6.09 Å². The first-order valence-corrected chi connectivity index (χ1v) is 10.2. The molecule has 0 radical (unpaired) electrons. The number of carbonyl (C=O) groups is 1. The van der Waals surface area contributed by atoms with Crippen molar-refractivity contribution in [2.24, 2.45) is 0 Å². The molecule has 2 atom stereocenters. The molecule has 7 nitrogen and oxygen atoms in total. The van der Waals surface area contributed by atoms with Crippen LogP contribution < -0.4 is 4.90 Å². The molecule has 0 spiro atoms. The fourth-order valence-corrected chi connectivity index (χ4v) is 4.05. The Kier molecular flexibility index (Phi) is 6.06. The molecular formula is C19H24Cl2FN5O2. The van der Waals surface area contributed by atoms with Crippen LogP contribution in [-0.2, 0) is 4.74 Å². The number of hydrogen-bond acceptors (Lipinski definition) is 6. The highest BCUT2D eigenvalue weighted by Crippen LogP contribution is 2.34. The van der Waals surface area contributed by atoms with Gasteiger partial charge in [0.05, 0.1) is 17.5 Å². The summed E-state index contributed by atoms with van der Waals surface area (Å²) in [5.74, 6) is -0.297. The first-order valence-electron chi connectivity index (χ1n) is 9.43. The Labute approximate surface area is 179 Å². The summed E-state index contributed by atoms with van der Waals surface area (Å²) in [7, 11) is 1.84. The average Bonchev–Trinajstić information content (AvgIpc) is 3.06. The summed E-state index contributed by atoms with van der Waals surface area (Å²) in [6.07, 6.45) is 2.53. The zero-order chi connectivity index (χ0) is 21.5. The minimum absolute atomic E-state index is 0.0156. The van der Waals surface area contributed by atoms with E-state index in [1.807, 2.05) is 39.6 Å².